The smallest absolute Gasteiger partial charge is 0.338 e. The molecule has 8 nitrogen and oxygen atoms in total. The second kappa shape index (κ2) is 11.4. The van der Waals surface area contributed by atoms with Gasteiger partial charge in [0.25, 0.3) is 5.91 Å². The number of hydrogen-bond acceptors (Lipinski definition) is 6. The lowest BCUT2D eigenvalue weighted by Crippen LogP contribution is -2.49. The van der Waals surface area contributed by atoms with Gasteiger partial charge >= 0.3 is 5.97 Å². The molecule has 2 aromatic rings. The molecule has 1 unspecified atom stereocenters. The second-order valence-electron chi connectivity index (χ2n) is 7.88. The fourth-order valence-corrected chi connectivity index (χ4v) is 3.44. The van der Waals surface area contributed by atoms with Crippen molar-refractivity contribution in [3.8, 4) is 0 Å². The van der Waals surface area contributed by atoms with Crippen molar-refractivity contribution in [2.45, 2.75) is 32.8 Å². The van der Waals surface area contributed by atoms with Gasteiger partial charge in [0.15, 0.2) is 12.4 Å². The maximum atomic E-state index is 12.4. The normalized spacial score (nSPS) is 15.8. The molecule has 1 fully saturated rings. The molecule has 1 aliphatic rings. The van der Waals surface area contributed by atoms with Crippen molar-refractivity contribution in [3.05, 3.63) is 65.2 Å². The zero-order chi connectivity index (χ0) is 23.8. The molecule has 1 heterocycles. The number of Topliss-reactive ketones (excluding diaryl/α,β-unsaturated/α-hetero) is 1. The van der Waals surface area contributed by atoms with E-state index in [1.165, 1.54) is 12.1 Å². The number of nitrogens with zero attached hydrogens (tertiary/aromatic N) is 1. The Hall–Kier alpha value is -3.52. The molecule has 2 amide bonds. The first-order chi connectivity index (χ1) is 15.9. The zero-order valence-electron chi connectivity index (χ0n) is 18.8. The summed E-state index contributed by atoms with van der Waals surface area (Å²) in [5, 5.41) is 2.70. The van der Waals surface area contributed by atoms with Crippen LogP contribution in [0.5, 0.6) is 0 Å². The number of aryl methyl sites for hydroxylation is 1. The van der Waals surface area contributed by atoms with Crippen molar-refractivity contribution in [1.29, 1.82) is 0 Å². The number of carbonyl (C=O) groups excluding carboxylic acids is 4. The van der Waals surface area contributed by atoms with Crippen LogP contribution in [0.3, 0.4) is 0 Å². The van der Waals surface area contributed by atoms with Gasteiger partial charge in [-0.25, -0.2) is 4.79 Å². The number of esters is 1. The summed E-state index contributed by atoms with van der Waals surface area (Å²) < 4.78 is 10.6. The second-order valence-corrected chi connectivity index (χ2v) is 7.88. The number of amides is 2. The summed E-state index contributed by atoms with van der Waals surface area (Å²) >= 11 is 0. The summed E-state index contributed by atoms with van der Waals surface area (Å²) in [7, 11) is 0. The molecule has 3 rings (SSSR count). The lowest BCUT2D eigenvalue weighted by Gasteiger charge is -2.32. The molecule has 0 radical (unpaired) electrons. The van der Waals surface area contributed by atoms with Gasteiger partial charge in [0.05, 0.1) is 18.6 Å². The summed E-state index contributed by atoms with van der Waals surface area (Å²) in [6.45, 7) is 5.15. The number of benzene rings is 2. The molecule has 0 aromatic heterocycles. The number of anilines is 1. The summed E-state index contributed by atoms with van der Waals surface area (Å²) in [5.41, 5.74) is 2.24. The molecule has 33 heavy (non-hydrogen) atoms. The first-order valence-corrected chi connectivity index (χ1v) is 10.9. The Kier molecular flexibility index (Phi) is 8.32. The van der Waals surface area contributed by atoms with Gasteiger partial charge in [0.2, 0.25) is 5.91 Å². The van der Waals surface area contributed by atoms with Gasteiger partial charge in [-0.2, -0.15) is 0 Å². The van der Waals surface area contributed by atoms with E-state index in [0.717, 1.165) is 12.0 Å². The number of hydrogen-bond donors (Lipinski definition) is 1. The van der Waals surface area contributed by atoms with Crippen molar-refractivity contribution >= 4 is 29.3 Å². The summed E-state index contributed by atoms with van der Waals surface area (Å²) in [6.07, 6.45) is -0.0191. The topological polar surface area (TPSA) is 102 Å². The molecule has 2 aromatic carbocycles. The first kappa shape index (κ1) is 24.1. The highest BCUT2D eigenvalue weighted by Gasteiger charge is 2.30. The van der Waals surface area contributed by atoms with Crippen LogP contribution in [0.2, 0.25) is 0 Å². The number of rotatable bonds is 9. The van der Waals surface area contributed by atoms with E-state index in [-0.39, 0.29) is 36.2 Å². The van der Waals surface area contributed by atoms with Gasteiger partial charge in [0.1, 0.15) is 6.10 Å². The molecule has 0 aliphatic carbocycles. The van der Waals surface area contributed by atoms with Gasteiger partial charge in [-0.05, 0) is 37.6 Å². The van der Waals surface area contributed by atoms with Crippen LogP contribution in [-0.2, 0) is 19.1 Å². The molecule has 8 heteroatoms. The lowest BCUT2D eigenvalue weighted by atomic mass is 10.1. The predicted octanol–water partition coefficient (Wildman–Crippen LogP) is 3.00. The van der Waals surface area contributed by atoms with Crippen molar-refractivity contribution in [3.63, 3.8) is 0 Å². The molecule has 0 bridgehead atoms. The van der Waals surface area contributed by atoms with Gasteiger partial charge in [0, 0.05) is 24.3 Å². The maximum absolute atomic E-state index is 12.4. The lowest BCUT2D eigenvalue weighted by molar-refractivity contribution is -0.155. The molecule has 1 atom stereocenters. The minimum absolute atomic E-state index is 0.0794. The highest BCUT2D eigenvalue weighted by atomic mass is 16.5. The predicted molar refractivity (Wildman–Crippen MR) is 122 cm³/mol. The van der Waals surface area contributed by atoms with Gasteiger partial charge in [-0.15, -0.1) is 0 Å². The van der Waals surface area contributed by atoms with E-state index in [0.29, 0.717) is 30.9 Å². The zero-order valence-corrected chi connectivity index (χ0v) is 18.8. The molecular formula is C25H28N2O6. The van der Waals surface area contributed by atoms with Crippen LogP contribution < -0.4 is 5.32 Å². The van der Waals surface area contributed by atoms with E-state index in [1.54, 1.807) is 29.2 Å². The third kappa shape index (κ3) is 6.73. The van der Waals surface area contributed by atoms with Crippen molar-refractivity contribution < 1.29 is 28.7 Å². The van der Waals surface area contributed by atoms with Gasteiger partial charge in [-0.3, -0.25) is 14.4 Å². The molecule has 0 spiro atoms. The van der Waals surface area contributed by atoms with E-state index in [2.05, 4.69) is 5.32 Å². The molecule has 1 N–H and O–H groups in total. The molecule has 0 saturated carbocycles. The Bertz CT molecular complexity index is 999. The van der Waals surface area contributed by atoms with Crippen LogP contribution >= 0.6 is 0 Å². The number of carbonyl (C=O) groups is 4. The molecule has 174 valence electrons. The third-order valence-corrected chi connectivity index (χ3v) is 5.24. The fraction of sp³-hybridized carbons (Fsp3) is 0.360. The van der Waals surface area contributed by atoms with Crippen LogP contribution in [0.4, 0.5) is 5.69 Å². The highest BCUT2D eigenvalue weighted by molar-refractivity contribution is 5.99. The highest BCUT2D eigenvalue weighted by Crippen LogP contribution is 2.15. The van der Waals surface area contributed by atoms with Gasteiger partial charge in [-0.1, -0.05) is 36.8 Å². The largest absolute Gasteiger partial charge is 0.454 e. The van der Waals surface area contributed by atoms with Crippen LogP contribution in [0.1, 0.15) is 46.0 Å². The SMILES string of the molecule is CCCN1CCOC(CC(=O)Nc2ccc(C(=O)OCC(=O)c3ccc(C)cc3)cc2)C1=O. The summed E-state index contributed by atoms with van der Waals surface area (Å²) in [6, 6.07) is 13.1. The van der Waals surface area contributed by atoms with Crippen LogP contribution in [0.15, 0.2) is 48.5 Å². The van der Waals surface area contributed by atoms with Crippen molar-refractivity contribution in [1.82, 2.24) is 4.90 Å². The quantitative estimate of drug-likeness (QED) is 0.464. The molecule has 1 saturated heterocycles. The fourth-order valence-electron chi connectivity index (χ4n) is 3.44. The Labute approximate surface area is 192 Å². The monoisotopic (exact) mass is 452 g/mol. The number of ether oxygens (including phenoxy) is 2. The first-order valence-electron chi connectivity index (χ1n) is 10.9. The van der Waals surface area contributed by atoms with Crippen LogP contribution in [0, 0.1) is 6.92 Å². The number of ketones is 1. The van der Waals surface area contributed by atoms with E-state index in [9.17, 15) is 19.2 Å². The average molecular weight is 453 g/mol. The maximum Gasteiger partial charge on any atom is 0.338 e. The van der Waals surface area contributed by atoms with E-state index in [4.69, 9.17) is 9.47 Å². The number of morpholine rings is 1. The summed E-state index contributed by atoms with van der Waals surface area (Å²) in [5.74, 6) is -1.45. The van der Waals surface area contributed by atoms with Crippen LogP contribution in [-0.4, -0.2) is 60.9 Å². The third-order valence-electron chi connectivity index (χ3n) is 5.24. The minimum atomic E-state index is -0.786. The molecular weight excluding hydrogens is 424 g/mol. The Morgan fingerprint density at radius 3 is 2.39 bits per heavy atom. The van der Waals surface area contributed by atoms with E-state index in [1.807, 2.05) is 26.0 Å². The summed E-state index contributed by atoms with van der Waals surface area (Å²) in [4.78, 5) is 50.8. The van der Waals surface area contributed by atoms with E-state index >= 15 is 0 Å². The Morgan fingerprint density at radius 1 is 1.06 bits per heavy atom. The Balaban J connectivity index is 1.48. The standard InChI is InChI=1S/C25H28N2O6/c1-3-12-27-13-14-32-22(24(27)30)15-23(29)26-20-10-8-19(9-11-20)25(31)33-16-21(28)18-6-4-17(2)5-7-18/h4-11,22H,3,12-16H2,1-2H3,(H,26,29). The molecule has 1 aliphatic heterocycles. The van der Waals surface area contributed by atoms with E-state index < -0.39 is 12.1 Å². The van der Waals surface area contributed by atoms with Crippen molar-refractivity contribution in [2.75, 3.05) is 31.6 Å². The minimum Gasteiger partial charge on any atom is -0.454 e. The van der Waals surface area contributed by atoms with Gasteiger partial charge < -0.3 is 19.7 Å². The average Bonchev–Trinajstić information content (AvgIpc) is 2.81. The van der Waals surface area contributed by atoms with Crippen LogP contribution in [0.25, 0.3) is 0 Å². The number of nitrogens with one attached hydrogen (secondary N) is 1. The Morgan fingerprint density at radius 2 is 1.73 bits per heavy atom. The van der Waals surface area contributed by atoms with Crippen molar-refractivity contribution in [2.24, 2.45) is 0 Å².